The lowest BCUT2D eigenvalue weighted by atomic mass is 10.2. The highest BCUT2D eigenvalue weighted by Crippen LogP contribution is 2.30. The van der Waals surface area contributed by atoms with Crippen molar-refractivity contribution >= 4 is 26.8 Å². The summed E-state index contributed by atoms with van der Waals surface area (Å²) < 4.78 is 28.8. The minimum atomic E-state index is -2.80. The van der Waals surface area contributed by atoms with E-state index in [0.29, 0.717) is 4.47 Å². The summed E-state index contributed by atoms with van der Waals surface area (Å²) in [5.74, 6) is 0.145. The van der Waals surface area contributed by atoms with Crippen molar-refractivity contribution in [3.05, 3.63) is 28.9 Å². The van der Waals surface area contributed by atoms with Crippen LogP contribution in [0.4, 0.5) is 8.78 Å². The van der Waals surface area contributed by atoms with Crippen LogP contribution in [0.1, 0.15) is 0 Å². The van der Waals surface area contributed by atoms with Gasteiger partial charge in [0.15, 0.2) is 0 Å². The molecule has 0 saturated carbocycles. The van der Waals surface area contributed by atoms with Crippen molar-refractivity contribution in [2.45, 2.75) is 6.61 Å². The van der Waals surface area contributed by atoms with E-state index in [4.69, 9.17) is 0 Å². The number of alkyl halides is 2. The zero-order valence-corrected chi connectivity index (χ0v) is 8.51. The summed E-state index contributed by atoms with van der Waals surface area (Å²) in [6, 6.07) is 5.05. The van der Waals surface area contributed by atoms with E-state index in [1.165, 1.54) is 0 Å². The zero-order chi connectivity index (χ0) is 10.1. The molecule has 0 aliphatic heterocycles. The summed E-state index contributed by atoms with van der Waals surface area (Å²) >= 11 is 3.15. The van der Waals surface area contributed by atoms with E-state index in [9.17, 15) is 8.78 Å². The molecular formula is C9H6BrF2NO. The average Bonchev–Trinajstić information content (AvgIpc) is 2.51. The Hall–Kier alpha value is -1.10. The van der Waals surface area contributed by atoms with E-state index in [2.05, 4.69) is 25.7 Å². The fourth-order valence-electron chi connectivity index (χ4n) is 1.24. The summed E-state index contributed by atoms with van der Waals surface area (Å²) in [6.07, 6.45) is 1.74. The number of H-pyrrole nitrogens is 1. The van der Waals surface area contributed by atoms with E-state index in [-0.39, 0.29) is 5.75 Å². The predicted molar refractivity (Wildman–Crippen MR) is 52.6 cm³/mol. The van der Waals surface area contributed by atoms with Gasteiger partial charge in [0.2, 0.25) is 0 Å². The first-order valence-corrected chi connectivity index (χ1v) is 4.67. The normalized spacial score (nSPS) is 11.1. The number of nitrogens with one attached hydrogen (secondary N) is 1. The van der Waals surface area contributed by atoms with E-state index in [1.54, 1.807) is 24.4 Å². The van der Waals surface area contributed by atoms with Crippen LogP contribution in [-0.2, 0) is 0 Å². The minimum absolute atomic E-state index is 0.145. The van der Waals surface area contributed by atoms with Gasteiger partial charge in [-0.15, -0.1) is 0 Å². The second-order valence-corrected chi connectivity index (χ2v) is 3.58. The van der Waals surface area contributed by atoms with Crippen LogP contribution in [0.25, 0.3) is 10.9 Å². The van der Waals surface area contributed by atoms with Gasteiger partial charge in [-0.3, -0.25) is 0 Å². The molecule has 2 aromatic rings. The summed E-state index contributed by atoms with van der Waals surface area (Å²) in [7, 11) is 0. The van der Waals surface area contributed by atoms with Crippen LogP contribution in [-0.4, -0.2) is 11.6 Å². The molecule has 0 aliphatic rings. The molecule has 0 bridgehead atoms. The number of aromatic amines is 1. The number of rotatable bonds is 2. The molecule has 0 amide bonds. The maximum Gasteiger partial charge on any atom is 0.387 e. The van der Waals surface area contributed by atoms with Gasteiger partial charge in [-0.25, -0.2) is 0 Å². The Labute approximate surface area is 87.0 Å². The highest BCUT2D eigenvalue weighted by Gasteiger charge is 2.09. The predicted octanol–water partition coefficient (Wildman–Crippen LogP) is 3.53. The lowest BCUT2D eigenvalue weighted by Crippen LogP contribution is -2.02. The fourth-order valence-corrected chi connectivity index (χ4v) is 1.68. The van der Waals surface area contributed by atoms with Crippen LogP contribution in [0.2, 0.25) is 0 Å². The molecular weight excluding hydrogens is 256 g/mol. The van der Waals surface area contributed by atoms with Crippen LogP contribution in [0.5, 0.6) is 5.75 Å². The van der Waals surface area contributed by atoms with Crippen LogP contribution in [0.15, 0.2) is 28.9 Å². The van der Waals surface area contributed by atoms with Gasteiger partial charge in [0.1, 0.15) is 5.75 Å². The smallest absolute Gasteiger partial charge is 0.387 e. The third kappa shape index (κ3) is 1.72. The quantitative estimate of drug-likeness (QED) is 0.879. The van der Waals surface area contributed by atoms with E-state index < -0.39 is 6.61 Å². The van der Waals surface area contributed by atoms with Gasteiger partial charge < -0.3 is 9.72 Å². The largest absolute Gasteiger partial charge is 0.434 e. The second-order valence-electron chi connectivity index (χ2n) is 2.73. The molecule has 0 saturated heterocycles. The minimum Gasteiger partial charge on any atom is -0.434 e. The summed E-state index contributed by atoms with van der Waals surface area (Å²) in [6.45, 7) is -2.80. The fraction of sp³-hybridized carbons (Fsp3) is 0.111. The zero-order valence-electron chi connectivity index (χ0n) is 6.93. The maximum atomic E-state index is 12.0. The lowest BCUT2D eigenvalue weighted by Gasteiger charge is -2.06. The molecule has 74 valence electrons. The molecule has 0 spiro atoms. The third-order valence-electron chi connectivity index (χ3n) is 1.82. The number of ether oxygens (including phenoxy) is 1. The molecule has 2 rings (SSSR count). The first kappa shape index (κ1) is 9.45. The molecule has 0 unspecified atom stereocenters. The van der Waals surface area contributed by atoms with Crippen molar-refractivity contribution < 1.29 is 13.5 Å². The van der Waals surface area contributed by atoms with E-state index >= 15 is 0 Å². The molecule has 2 nitrogen and oxygen atoms in total. The van der Waals surface area contributed by atoms with Crippen molar-refractivity contribution in [1.29, 1.82) is 0 Å². The third-order valence-corrected chi connectivity index (χ3v) is 2.44. The molecule has 1 aromatic carbocycles. The summed E-state index contributed by atoms with van der Waals surface area (Å²) in [5.41, 5.74) is 0.874. The van der Waals surface area contributed by atoms with Crippen LogP contribution in [0, 0.1) is 0 Å². The molecule has 0 aliphatic carbocycles. The van der Waals surface area contributed by atoms with Crippen LogP contribution < -0.4 is 4.74 Å². The highest BCUT2D eigenvalue weighted by molar-refractivity contribution is 9.10. The number of benzene rings is 1. The molecule has 14 heavy (non-hydrogen) atoms. The Morgan fingerprint density at radius 2 is 2.14 bits per heavy atom. The Kier molecular flexibility index (Phi) is 2.41. The Balaban J connectivity index is 2.48. The van der Waals surface area contributed by atoms with Crippen LogP contribution >= 0.6 is 15.9 Å². The summed E-state index contributed by atoms with van der Waals surface area (Å²) in [4.78, 5) is 2.97. The Morgan fingerprint density at radius 1 is 1.36 bits per heavy atom. The number of halogens is 3. The first-order chi connectivity index (χ1) is 6.66. The van der Waals surface area contributed by atoms with Crippen molar-refractivity contribution in [3.63, 3.8) is 0 Å². The summed E-state index contributed by atoms with van der Waals surface area (Å²) in [5, 5.41) is 0.837. The van der Waals surface area contributed by atoms with Crippen LogP contribution in [0.3, 0.4) is 0 Å². The monoisotopic (exact) mass is 261 g/mol. The van der Waals surface area contributed by atoms with Gasteiger partial charge in [-0.1, -0.05) is 0 Å². The topological polar surface area (TPSA) is 25.0 Å². The SMILES string of the molecule is FC(F)Oc1cc2cc[nH]c2cc1Br. The molecule has 1 aromatic heterocycles. The Bertz CT molecular complexity index is 455. The van der Waals surface area contributed by atoms with E-state index in [0.717, 1.165) is 10.9 Å². The van der Waals surface area contributed by atoms with Gasteiger partial charge >= 0.3 is 6.61 Å². The average molecular weight is 262 g/mol. The van der Waals surface area contributed by atoms with Gasteiger partial charge in [0.05, 0.1) is 4.47 Å². The van der Waals surface area contributed by atoms with Gasteiger partial charge in [0, 0.05) is 17.1 Å². The highest BCUT2D eigenvalue weighted by atomic mass is 79.9. The van der Waals surface area contributed by atoms with Gasteiger partial charge in [-0.2, -0.15) is 8.78 Å². The molecule has 0 fully saturated rings. The Morgan fingerprint density at radius 3 is 2.86 bits per heavy atom. The van der Waals surface area contributed by atoms with Gasteiger partial charge in [-0.05, 0) is 34.1 Å². The van der Waals surface area contributed by atoms with Gasteiger partial charge in [0.25, 0.3) is 0 Å². The van der Waals surface area contributed by atoms with Crippen molar-refractivity contribution in [3.8, 4) is 5.75 Å². The van der Waals surface area contributed by atoms with E-state index in [1.807, 2.05) is 0 Å². The number of aromatic nitrogens is 1. The molecule has 0 atom stereocenters. The molecule has 1 heterocycles. The first-order valence-electron chi connectivity index (χ1n) is 3.88. The number of hydrogen-bond donors (Lipinski definition) is 1. The molecule has 0 radical (unpaired) electrons. The molecule has 5 heteroatoms. The van der Waals surface area contributed by atoms with Crippen molar-refractivity contribution in [2.75, 3.05) is 0 Å². The second kappa shape index (κ2) is 3.57. The number of hydrogen-bond acceptors (Lipinski definition) is 1. The maximum absolute atomic E-state index is 12.0. The van der Waals surface area contributed by atoms with Crippen molar-refractivity contribution in [2.24, 2.45) is 0 Å². The number of fused-ring (bicyclic) bond motifs is 1. The standard InChI is InChI=1S/C9H6BrF2NO/c10-6-4-7-5(1-2-13-7)3-8(6)14-9(11)12/h1-4,9,13H. The molecule has 1 N–H and O–H groups in total. The lowest BCUT2D eigenvalue weighted by molar-refractivity contribution is -0.0502. The van der Waals surface area contributed by atoms with Crippen molar-refractivity contribution in [1.82, 2.24) is 4.98 Å².